The van der Waals surface area contributed by atoms with Crippen molar-refractivity contribution in [3.8, 4) is 0 Å². The number of H-pyrrole nitrogens is 1. The number of hydrazine groups is 1. The van der Waals surface area contributed by atoms with Gasteiger partial charge in [-0.2, -0.15) is 5.10 Å². The molecule has 5 rings (SSSR count). The van der Waals surface area contributed by atoms with Crippen molar-refractivity contribution < 1.29 is 4.79 Å². The van der Waals surface area contributed by atoms with Crippen LogP contribution >= 0.6 is 0 Å². The summed E-state index contributed by atoms with van der Waals surface area (Å²) in [4.78, 5) is 19.9. The van der Waals surface area contributed by atoms with Crippen molar-refractivity contribution in [2.45, 2.75) is 75.3 Å². The van der Waals surface area contributed by atoms with Crippen molar-refractivity contribution in [3.05, 3.63) is 11.6 Å². The highest BCUT2D eigenvalue weighted by Gasteiger charge is 2.43. The number of nitrogens with one attached hydrogen (secondary N) is 3. The molecule has 1 aromatic heterocycles. The largest absolute Gasteiger partial charge is 0.341 e. The van der Waals surface area contributed by atoms with Gasteiger partial charge in [-0.25, -0.2) is 10.4 Å². The van der Waals surface area contributed by atoms with E-state index in [1.807, 2.05) is 0 Å². The molecule has 0 bridgehead atoms. The summed E-state index contributed by atoms with van der Waals surface area (Å²) >= 11 is 0. The quantitative estimate of drug-likeness (QED) is 0.772. The van der Waals surface area contributed by atoms with Gasteiger partial charge in [0.15, 0.2) is 5.82 Å². The minimum Gasteiger partial charge on any atom is -0.341 e. The molecule has 4 unspecified atom stereocenters. The average Bonchev–Trinajstić information content (AvgIpc) is 3.23. The molecule has 25 heavy (non-hydrogen) atoms. The first kappa shape index (κ1) is 15.8. The van der Waals surface area contributed by atoms with E-state index < -0.39 is 0 Å². The van der Waals surface area contributed by atoms with E-state index in [1.54, 1.807) is 0 Å². The van der Waals surface area contributed by atoms with Crippen LogP contribution in [0.25, 0.3) is 0 Å². The van der Waals surface area contributed by atoms with Gasteiger partial charge < -0.3 is 4.90 Å². The van der Waals surface area contributed by atoms with Gasteiger partial charge in [-0.1, -0.05) is 12.8 Å². The summed E-state index contributed by atoms with van der Waals surface area (Å²) in [5.41, 5.74) is 6.67. The number of aromatic amines is 1. The molecule has 4 atom stereocenters. The van der Waals surface area contributed by atoms with E-state index in [9.17, 15) is 4.79 Å². The highest BCUT2D eigenvalue weighted by molar-refractivity contribution is 5.82. The zero-order valence-corrected chi connectivity index (χ0v) is 14.7. The lowest BCUT2D eigenvalue weighted by atomic mass is 9.81. The van der Waals surface area contributed by atoms with Crippen LogP contribution in [0.4, 0.5) is 0 Å². The molecule has 2 saturated carbocycles. The number of carbonyl (C=O) groups is 1. The number of likely N-dealkylation sites (tertiary alicyclic amines) is 1. The molecule has 3 N–H and O–H groups in total. The van der Waals surface area contributed by atoms with Crippen LogP contribution in [-0.4, -0.2) is 51.2 Å². The second-order valence-corrected chi connectivity index (χ2v) is 8.30. The zero-order chi connectivity index (χ0) is 16.8. The maximum atomic E-state index is 13.1. The Bertz CT molecular complexity index is 641. The Hall–Kier alpha value is -1.47. The Balaban J connectivity index is 1.26. The highest BCUT2D eigenvalue weighted by Crippen LogP contribution is 2.38. The van der Waals surface area contributed by atoms with Crippen molar-refractivity contribution >= 4 is 5.91 Å². The summed E-state index contributed by atoms with van der Waals surface area (Å²) in [5, 5.41) is 7.57. The SMILES string of the molecule is O=C(C1NNC2CCCCC21)N1CCCC(c2n[nH]c(C3CC3)n2)C1. The number of aromatic nitrogens is 3. The van der Waals surface area contributed by atoms with Crippen molar-refractivity contribution in [1.29, 1.82) is 0 Å². The number of rotatable bonds is 3. The summed E-state index contributed by atoms with van der Waals surface area (Å²) in [6.45, 7) is 1.63. The smallest absolute Gasteiger partial charge is 0.241 e. The molecule has 3 heterocycles. The number of hydrogen-bond acceptors (Lipinski definition) is 5. The lowest BCUT2D eigenvalue weighted by Crippen LogP contribution is -2.50. The normalized spacial score (nSPS) is 35.6. The number of piperidine rings is 1. The summed E-state index contributed by atoms with van der Waals surface area (Å²) in [5.74, 6) is 3.55. The number of fused-ring (bicyclic) bond motifs is 1. The van der Waals surface area contributed by atoms with Crippen LogP contribution in [0.2, 0.25) is 0 Å². The Labute approximate surface area is 148 Å². The van der Waals surface area contributed by atoms with Gasteiger partial charge in [0.05, 0.1) is 0 Å². The first-order chi connectivity index (χ1) is 12.3. The van der Waals surface area contributed by atoms with Crippen molar-refractivity contribution in [1.82, 2.24) is 30.9 Å². The van der Waals surface area contributed by atoms with Gasteiger partial charge >= 0.3 is 0 Å². The average molecular weight is 344 g/mol. The predicted molar refractivity (Wildman–Crippen MR) is 92.7 cm³/mol. The molecule has 2 aliphatic carbocycles. The molecule has 2 aliphatic heterocycles. The van der Waals surface area contributed by atoms with Gasteiger partial charge in [-0.05, 0) is 38.5 Å². The van der Waals surface area contributed by atoms with Crippen LogP contribution in [0.3, 0.4) is 0 Å². The molecular weight excluding hydrogens is 316 g/mol. The Morgan fingerprint density at radius 2 is 1.88 bits per heavy atom. The van der Waals surface area contributed by atoms with Crippen molar-refractivity contribution in [3.63, 3.8) is 0 Å². The van der Waals surface area contributed by atoms with E-state index in [2.05, 4.69) is 25.9 Å². The minimum absolute atomic E-state index is 0.0572. The third-order valence-corrected chi connectivity index (χ3v) is 6.52. The minimum atomic E-state index is -0.0572. The number of amides is 1. The van der Waals surface area contributed by atoms with E-state index in [0.717, 1.165) is 44.0 Å². The predicted octanol–water partition coefficient (Wildman–Crippen LogP) is 1.42. The Morgan fingerprint density at radius 1 is 1.00 bits per heavy atom. The van der Waals surface area contributed by atoms with Crippen molar-refractivity contribution in [2.75, 3.05) is 13.1 Å². The third kappa shape index (κ3) is 2.97. The van der Waals surface area contributed by atoms with Gasteiger partial charge in [0.1, 0.15) is 11.9 Å². The lowest BCUT2D eigenvalue weighted by molar-refractivity contribution is -0.135. The molecule has 7 nitrogen and oxygen atoms in total. The maximum Gasteiger partial charge on any atom is 0.241 e. The van der Waals surface area contributed by atoms with Crippen LogP contribution in [0.1, 0.15) is 74.9 Å². The second-order valence-electron chi connectivity index (χ2n) is 8.30. The summed E-state index contributed by atoms with van der Waals surface area (Å²) < 4.78 is 0. The summed E-state index contributed by atoms with van der Waals surface area (Å²) in [7, 11) is 0. The molecule has 136 valence electrons. The molecule has 0 spiro atoms. The molecule has 1 aromatic rings. The van der Waals surface area contributed by atoms with Crippen molar-refractivity contribution in [2.24, 2.45) is 5.92 Å². The van der Waals surface area contributed by atoms with Crippen LogP contribution in [0, 0.1) is 5.92 Å². The number of hydrogen-bond donors (Lipinski definition) is 3. The van der Waals surface area contributed by atoms with Crippen LogP contribution in [0.5, 0.6) is 0 Å². The summed E-state index contributed by atoms with van der Waals surface area (Å²) in [6, 6.07) is 0.413. The van der Waals surface area contributed by atoms with Gasteiger partial charge in [0, 0.05) is 36.9 Å². The van der Waals surface area contributed by atoms with E-state index >= 15 is 0 Å². The number of nitrogens with zero attached hydrogens (tertiary/aromatic N) is 3. The van der Waals surface area contributed by atoms with Gasteiger partial charge in [0.25, 0.3) is 0 Å². The molecule has 0 aromatic carbocycles. The molecular formula is C18H28N6O. The lowest BCUT2D eigenvalue weighted by Gasteiger charge is -2.35. The maximum absolute atomic E-state index is 13.1. The molecule has 7 heteroatoms. The number of carbonyl (C=O) groups excluding carboxylic acids is 1. The fourth-order valence-electron chi connectivity index (χ4n) is 4.88. The highest BCUT2D eigenvalue weighted by atomic mass is 16.2. The fraction of sp³-hybridized carbons (Fsp3) is 0.833. The topological polar surface area (TPSA) is 85.9 Å². The van der Waals surface area contributed by atoms with Gasteiger partial charge in [0.2, 0.25) is 5.91 Å². The van der Waals surface area contributed by atoms with Crippen LogP contribution in [-0.2, 0) is 4.79 Å². The second kappa shape index (κ2) is 6.36. The van der Waals surface area contributed by atoms with Crippen LogP contribution in [0.15, 0.2) is 0 Å². The Morgan fingerprint density at radius 3 is 2.76 bits per heavy atom. The van der Waals surface area contributed by atoms with Gasteiger partial charge in [-0.3, -0.25) is 15.3 Å². The van der Waals surface area contributed by atoms with E-state index in [0.29, 0.717) is 17.9 Å². The third-order valence-electron chi connectivity index (χ3n) is 6.52. The standard InChI is InChI=1S/C18H28N6O/c25-18(15-13-5-1-2-6-14(13)20-21-15)24-9-3-4-12(10-24)17-19-16(22-23-17)11-7-8-11/h11-15,20-21H,1-10H2,(H,19,22,23). The molecule has 2 saturated heterocycles. The first-order valence-corrected chi connectivity index (χ1v) is 10.0. The first-order valence-electron chi connectivity index (χ1n) is 10.0. The van der Waals surface area contributed by atoms with E-state index in [-0.39, 0.29) is 17.9 Å². The molecule has 4 aliphatic rings. The monoisotopic (exact) mass is 344 g/mol. The van der Waals surface area contributed by atoms with Crippen LogP contribution < -0.4 is 10.9 Å². The fourth-order valence-corrected chi connectivity index (χ4v) is 4.88. The molecule has 1 amide bonds. The van der Waals surface area contributed by atoms with E-state index in [1.165, 1.54) is 32.1 Å². The van der Waals surface area contributed by atoms with Gasteiger partial charge in [-0.15, -0.1) is 0 Å². The van der Waals surface area contributed by atoms with E-state index in [4.69, 9.17) is 4.98 Å². The summed E-state index contributed by atoms with van der Waals surface area (Å²) in [6.07, 6.45) is 9.44. The Kier molecular flexibility index (Phi) is 4.01. The zero-order valence-electron chi connectivity index (χ0n) is 14.7. The molecule has 0 radical (unpaired) electrons. The molecule has 4 fully saturated rings.